The van der Waals surface area contributed by atoms with Crippen LogP contribution in [-0.2, 0) is 4.74 Å². The molecule has 1 nitrogen and oxygen atoms in total. The summed E-state index contributed by atoms with van der Waals surface area (Å²) in [6.45, 7) is 13.9. The average molecular weight is 166 g/mol. The molecular formula is C11H18O. The number of hydrogen-bond acceptors (Lipinski definition) is 1. The summed E-state index contributed by atoms with van der Waals surface area (Å²) in [7, 11) is 1.62. The van der Waals surface area contributed by atoms with Gasteiger partial charge in [0.2, 0.25) is 0 Å². The van der Waals surface area contributed by atoms with Crippen LogP contribution in [-0.4, -0.2) is 7.11 Å². The molecule has 0 bridgehead atoms. The van der Waals surface area contributed by atoms with E-state index in [1.54, 1.807) is 7.11 Å². The number of rotatable bonds is 4. The van der Waals surface area contributed by atoms with E-state index < -0.39 is 0 Å². The fourth-order valence-electron chi connectivity index (χ4n) is 0.686. The van der Waals surface area contributed by atoms with E-state index in [0.29, 0.717) is 11.7 Å². The third-order valence-corrected chi connectivity index (χ3v) is 1.83. The lowest BCUT2D eigenvalue weighted by molar-refractivity contribution is 0.302. The highest BCUT2D eigenvalue weighted by Gasteiger charge is 1.99. The molecule has 0 N–H and O–H groups in total. The summed E-state index contributed by atoms with van der Waals surface area (Å²) in [6, 6.07) is 0. The maximum absolute atomic E-state index is 4.99. The summed E-state index contributed by atoms with van der Waals surface area (Å²) < 4.78 is 4.99. The van der Waals surface area contributed by atoms with Gasteiger partial charge in [-0.1, -0.05) is 38.7 Å². The Labute approximate surface area is 75.4 Å². The van der Waals surface area contributed by atoms with E-state index >= 15 is 0 Å². The minimum atomic E-state index is 0.476. The van der Waals surface area contributed by atoms with E-state index in [9.17, 15) is 0 Å². The Bertz CT molecular complexity index is 209. The predicted molar refractivity (Wildman–Crippen MR) is 53.9 cm³/mol. The van der Waals surface area contributed by atoms with Gasteiger partial charge in [-0.05, 0) is 18.4 Å². The van der Waals surface area contributed by atoms with Crippen LogP contribution < -0.4 is 0 Å². The fraction of sp³-hybridized carbons (Fsp3) is 0.455. The monoisotopic (exact) mass is 166 g/mol. The SMILES string of the molecule is C=C(OC)/C(C)=C\C(=C)C(C)C. The summed E-state index contributed by atoms with van der Waals surface area (Å²) in [5.74, 6) is 1.18. The normalized spacial score (nSPS) is 11.6. The molecule has 0 rings (SSSR count). The first-order valence-electron chi connectivity index (χ1n) is 4.09. The number of ether oxygens (including phenoxy) is 1. The van der Waals surface area contributed by atoms with Gasteiger partial charge in [0.05, 0.1) is 7.11 Å². The van der Waals surface area contributed by atoms with Gasteiger partial charge in [-0.25, -0.2) is 0 Å². The lowest BCUT2D eigenvalue weighted by Gasteiger charge is -2.07. The second-order valence-electron chi connectivity index (χ2n) is 3.18. The molecule has 1 heteroatoms. The van der Waals surface area contributed by atoms with Crippen LogP contribution in [0.5, 0.6) is 0 Å². The summed E-state index contributed by atoms with van der Waals surface area (Å²) in [6.07, 6.45) is 2.01. The van der Waals surface area contributed by atoms with Gasteiger partial charge < -0.3 is 4.74 Å². The fourth-order valence-corrected chi connectivity index (χ4v) is 0.686. The van der Waals surface area contributed by atoms with Crippen LogP contribution in [0.1, 0.15) is 20.8 Å². The van der Waals surface area contributed by atoms with Crippen LogP contribution in [0.25, 0.3) is 0 Å². The largest absolute Gasteiger partial charge is 0.497 e. The molecule has 0 saturated heterocycles. The van der Waals surface area contributed by atoms with Crippen LogP contribution in [0, 0.1) is 5.92 Å². The minimum absolute atomic E-state index is 0.476. The van der Waals surface area contributed by atoms with Crippen molar-refractivity contribution in [2.75, 3.05) is 7.11 Å². The van der Waals surface area contributed by atoms with E-state index in [0.717, 1.165) is 11.1 Å². The van der Waals surface area contributed by atoms with Crippen molar-refractivity contribution in [2.24, 2.45) is 5.92 Å². The van der Waals surface area contributed by atoms with Gasteiger partial charge in [0.1, 0.15) is 5.76 Å². The first kappa shape index (κ1) is 11.0. The smallest absolute Gasteiger partial charge is 0.114 e. The van der Waals surface area contributed by atoms with E-state index in [1.165, 1.54) is 0 Å². The molecule has 0 atom stereocenters. The first-order valence-corrected chi connectivity index (χ1v) is 4.09. The zero-order chi connectivity index (χ0) is 9.72. The molecule has 0 aliphatic carbocycles. The highest BCUT2D eigenvalue weighted by molar-refractivity contribution is 5.30. The third-order valence-electron chi connectivity index (χ3n) is 1.83. The van der Waals surface area contributed by atoms with Gasteiger partial charge in [0.15, 0.2) is 0 Å². The Morgan fingerprint density at radius 2 is 1.83 bits per heavy atom. The molecule has 0 aromatic heterocycles. The van der Waals surface area contributed by atoms with Crippen LogP contribution in [0.2, 0.25) is 0 Å². The van der Waals surface area contributed by atoms with E-state index in [4.69, 9.17) is 4.74 Å². The van der Waals surface area contributed by atoms with Crippen molar-refractivity contribution in [3.63, 3.8) is 0 Å². The summed E-state index contributed by atoms with van der Waals surface area (Å²) in [5.41, 5.74) is 2.14. The van der Waals surface area contributed by atoms with E-state index in [1.807, 2.05) is 13.0 Å². The molecule has 0 saturated carbocycles. The van der Waals surface area contributed by atoms with Crippen LogP contribution in [0.15, 0.2) is 36.1 Å². The van der Waals surface area contributed by atoms with Crippen molar-refractivity contribution < 1.29 is 4.74 Å². The molecule has 0 fully saturated rings. The number of methoxy groups -OCH3 is 1. The van der Waals surface area contributed by atoms with Crippen molar-refractivity contribution in [1.82, 2.24) is 0 Å². The molecule has 0 aliphatic rings. The van der Waals surface area contributed by atoms with Gasteiger partial charge in [-0.2, -0.15) is 0 Å². The lowest BCUT2D eigenvalue weighted by atomic mass is 10.0. The average Bonchev–Trinajstić information content (AvgIpc) is 2.02. The molecule has 0 aromatic rings. The first-order chi connectivity index (χ1) is 5.49. The molecule has 0 aliphatic heterocycles. The standard InChI is InChI=1S/C11H18O/c1-8(2)9(3)7-10(4)11(5)12-6/h7-8H,3,5H2,1-2,4,6H3/b10-7-. The Balaban J connectivity index is 4.36. The highest BCUT2D eigenvalue weighted by Crippen LogP contribution is 2.14. The Hall–Kier alpha value is -0.980. The Kier molecular flexibility index (Phi) is 4.42. The highest BCUT2D eigenvalue weighted by atomic mass is 16.5. The van der Waals surface area contributed by atoms with Crippen molar-refractivity contribution in [2.45, 2.75) is 20.8 Å². The molecular weight excluding hydrogens is 148 g/mol. The van der Waals surface area contributed by atoms with Gasteiger partial charge in [-0.3, -0.25) is 0 Å². The van der Waals surface area contributed by atoms with Crippen molar-refractivity contribution in [3.8, 4) is 0 Å². The second-order valence-corrected chi connectivity index (χ2v) is 3.18. The number of hydrogen-bond donors (Lipinski definition) is 0. The van der Waals surface area contributed by atoms with Crippen molar-refractivity contribution in [3.05, 3.63) is 36.1 Å². The Morgan fingerprint density at radius 1 is 1.33 bits per heavy atom. The number of allylic oxidation sites excluding steroid dienone is 3. The lowest BCUT2D eigenvalue weighted by Crippen LogP contribution is -1.92. The van der Waals surface area contributed by atoms with Crippen LogP contribution in [0.3, 0.4) is 0 Å². The maximum atomic E-state index is 4.99. The molecule has 0 aromatic carbocycles. The van der Waals surface area contributed by atoms with E-state index in [-0.39, 0.29) is 0 Å². The zero-order valence-corrected chi connectivity index (χ0v) is 8.48. The van der Waals surface area contributed by atoms with Gasteiger partial charge in [0.25, 0.3) is 0 Å². The van der Waals surface area contributed by atoms with Gasteiger partial charge >= 0.3 is 0 Å². The summed E-state index contributed by atoms with van der Waals surface area (Å²) >= 11 is 0. The molecule has 68 valence electrons. The molecule has 0 unspecified atom stereocenters. The van der Waals surface area contributed by atoms with Crippen molar-refractivity contribution >= 4 is 0 Å². The molecule has 0 radical (unpaired) electrons. The molecule has 0 amide bonds. The topological polar surface area (TPSA) is 9.23 Å². The zero-order valence-electron chi connectivity index (χ0n) is 8.48. The maximum Gasteiger partial charge on any atom is 0.114 e. The van der Waals surface area contributed by atoms with Crippen molar-refractivity contribution in [1.29, 1.82) is 0 Å². The molecule has 12 heavy (non-hydrogen) atoms. The third kappa shape index (κ3) is 3.42. The molecule has 0 spiro atoms. The van der Waals surface area contributed by atoms with Crippen LogP contribution >= 0.6 is 0 Å². The van der Waals surface area contributed by atoms with Gasteiger partial charge in [-0.15, -0.1) is 0 Å². The van der Waals surface area contributed by atoms with Crippen LogP contribution in [0.4, 0.5) is 0 Å². The van der Waals surface area contributed by atoms with E-state index in [2.05, 4.69) is 27.0 Å². The van der Waals surface area contributed by atoms with Gasteiger partial charge in [0, 0.05) is 0 Å². The summed E-state index contributed by atoms with van der Waals surface area (Å²) in [4.78, 5) is 0. The quantitative estimate of drug-likeness (QED) is 0.460. The summed E-state index contributed by atoms with van der Waals surface area (Å²) in [5, 5.41) is 0. The minimum Gasteiger partial charge on any atom is -0.497 e. The molecule has 0 heterocycles. The predicted octanol–water partition coefficient (Wildman–Crippen LogP) is 3.31. The Morgan fingerprint density at radius 3 is 2.17 bits per heavy atom. The second kappa shape index (κ2) is 4.81.